The summed E-state index contributed by atoms with van der Waals surface area (Å²) in [5.74, 6) is 2.84. The van der Waals surface area contributed by atoms with Gasteiger partial charge in [0.25, 0.3) is 0 Å². The monoisotopic (exact) mass is 288 g/mol. The molecule has 6 nitrogen and oxygen atoms in total. The summed E-state index contributed by atoms with van der Waals surface area (Å²) in [6.45, 7) is 0.719. The quantitative estimate of drug-likeness (QED) is 0.814. The molecule has 1 heterocycles. The number of rotatable bonds is 7. The molecule has 1 aromatic carbocycles. The number of hydrogen-bond acceptors (Lipinski definition) is 6. The summed E-state index contributed by atoms with van der Waals surface area (Å²) in [4.78, 5) is 8.33. The van der Waals surface area contributed by atoms with E-state index in [4.69, 9.17) is 9.47 Å². The van der Waals surface area contributed by atoms with E-state index in [2.05, 4.69) is 26.7 Å². The topological polar surface area (TPSA) is 68.3 Å². The number of nitrogens with one attached hydrogen (secondary N) is 2. The number of ether oxygens (including phenoxy) is 2. The van der Waals surface area contributed by atoms with Crippen molar-refractivity contribution in [1.82, 2.24) is 9.97 Å². The lowest BCUT2D eigenvalue weighted by Crippen LogP contribution is -2.10. The lowest BCUT2D eigenvalue weighted by Gasteiger charge is -2.13. The highest BCUT2D eigenvalue weighted by atomic mass is 16.5. The summed E-state index contributed by atoms with van der Waals surface area (Å²) in [7, 11) is 5.08. The van der Waals surface area contributed by atoms with Gasteiger partial charge in [0.1, 0.15) is 12.1 Å². The predicted molar refractivity (Wildman–Crippen MR) is 83.3 cm³/mol. The molecule has 0 radical (unpaired) electrons. The zero-order chi connectivity index (χ0) is 15.1. The average Bonchev–Trinajstić information content (AvgIpc) is 2.54. The number of methoxy groups -OCH3 is 2. The second-order valence-electron chi connectivity index (χ2n) is 4.34. The van der Waals surface area contributed by atoms with Gasteiger partial charge in [0.15, 0.2) is 11.6 Å². The van der Waals surface area contributed by atoms with Crippen molar-refractivity contribution < 1.29 is 9.47 Å². The SMILES string of the molecule is CNc1ncnc(NCCc2ccccc2OC)c1OC. The molecule has 21 heavy (non-hydrogen) atoms. The molecule has 0 saturated heterocycles. The van der Waals surface area contributed by atoms with Crippen LogP contribution in [0, 0.1) is 0 Å². The maximum absolute atomic E-state index is 5.34. The first-order valence-corrected chi connectivity index (χ1v) is 6.72. The van der Waals surface area contributed by atoms with Gasteiger partial charge < -0.3 is 20.1 Å². The van der Waals surface area contributed by atoms with E-state index in [1.807, 2.05) is 18.2 Å². The lowest BCUT2D eigenvalue weighted by molar-refractivity contribution is 0.409. The highest BCUT2D eigenvalue weighted by Gasteiger charge is 2.10. The Morgan fingerprint density at radius 2 is 1.81 bits per heavy atom. The third-order valence-electron chi connectivity index (χ3n) is 3.12. The molecule has 0 atom stereocenters. The molecule has 0 unspecified atom stereocenters. The van der Waals surface area contributed by atoms with Crippen molar-refractivity contribution in [1.29, 1.82) is 0 Å². The summed E-state index contributed by atoms with van der Waals surface area (Å²) in [6, 6.07) is 7.97. The molecule has 6 heteroatoms. The molecule has 0 aliphatic heterocycles. The normalized spacial score (nSPS) is 10.0. The Balaban J connectivity index is 2.04. The largest absolute Gasteiger partial charge is 0.496 e. The first-order valence-electron chi connectivity index (χ1n) is 6.72. The third kappa shape index (κ3) is 3.53. The minimum atomic E-state index is 0.611. The van der Waals surface area contributed by atoms with Crippen molar-refractivity contribution in [3.05, 3.63) is 36.2 Å². The number of anilines is 2. The molecule has 2 aromatic rings. The van der Waals surface area contributed by atoms with Gasteiger partial charge in [-0.05, 0) is 18.1 Å². The first kappa shape index (κ1) is 14.9. The summed E-state index contributed by atoms with van der Waals surface area (Å²) in [5.41, 5.74) is 1.15. The molecule has 0 amide bonds. The van der Waals surface area contributed by atoms with E-state index in [0.717, 1.165) is 24.3 Å². The molecule has 0 spiro atoms. The minimum absolute atomic E-state index is 0.611. The first-order chi connectivity index (χ1) is 10.3. The van der Waals surface area contributed by atoms with Gasteiger partial charge in [-0.15, -0.1) is 0 Å². The van der Waals surface area contributed by atoms with Gasteiger partial charge in [-0.25, -0.2) is 9.97 Å². The van der Waals surface area contributed by atoms with Crippen molar-refractivity contribution >= 4 is 11.6 Å². The standard InChI is InChI=1S/C15H20N4O2/c1-16-14-13(21-3)15(19-10-18-14)17-9-8-11-6-4-5-7-12(11)20-2/h4-7,10H,8-9H2,1-3H3,(H2,16,17,18,19). The van der Waals surface area contributed by atoms with E-state index in [1.54, 1.807) is 21.3 Å². The minimum Gasteiger partial charge on any atom is -0.496 e. The Morgan fingerprint density at radius 3 is 2.52 bits per heavy atom. The van der Waals surface area contributed by atoms with Gasteiger partial charge in [0, 0.05) is 13.6 Å². The molecular formula is C15H20N4O2. The van der Waals surface area contributed by atoms with Gasteiger partial charge in [-0.2, -0.15) is 0 Å². The van der Waals surface area contributed by atoms with Gasteiger partial charge in [-0.1, -0.05) is 18.2 Å². The lowest BCUT2D eigenvalue weighted by atomic mass is 10.1. The van der Waals surface area contributed by atoms with Crippen LogP contribution >= 0.6 is 0 Å². The second-order valence-corrected chi connectivity index (χ2v) is 4.34. The highest BCUT2D eigenvalue weighted by Crippen LogP contribution is 2.28. The fourth-order valence-corrected chi connectivity index (χ4v) is 2.10. The Bertz CT molecular complexity index is 590. The molecule has 0 aliphatic carbocycles. The van der Waals surface area contributed by atoms with Crippen LogP contribution in [0.15, 0.2) is 30.6 Å². The van der Waals surface area contributed by atoms with E-state index in [9.17, 15) is 0 Å². The summed E-state index contributed by atoms with van der Waals surface area (Å²) in [5, 5.41) is 6.24. The molecule has 2 rings (SSSR count). The van der Waals surface area contributed by atoms with Crippen molar-refractivity contribution in [3.8, 4) is 11.5 Å². The van der Waals surface area contributed by atoms with Crippen LogP contribution in [0.4, 0.5) is 11.6 Å². The van der Waals surface area contributed by atoms with Crippen molar-refractivity contribution in [2.75, 3.05) is 38.4 Å². The Hall–Kier alpha value is -2.50. The maximum atomic E-state index is 5.34. The Kier molecular flexibility index (Phi) is 5.20. The van der Waals surface area contributed by atoms with Crippen molar-refractivity contribution in [2.45, 2.75) is 6.42 Å². The zero-order valence-electron chi connectivity index (χ0n) is 12.5. The van der Waals surface area contributed by atoms with E-state index in [1.165, 1.54) is 6.33 Å². The van der Waals surface area contributed by atoms with E-state index < -0.39 is 0 Å². The van der Waals surface area contributed by atoms with Crippen LogP contribution in [0.25, 0.3) is 0 Å². The number of nitrogens with zero attached hydrogens (tertiary/aromatic N) is 2. The van der Waals surface area contributed by atoms with Crippen LogP contribution in [-0.4, -0.2) is 37.8 Å². The van der Waals surface area contributed by atoms with Crippen LogP contribution in [0.1, 0.15) is 5.56 Å². The van der Waals surface area contributed by atoms with Crippen molar-refractivity contribution in [3.63, 3.8) is 0 Å². The molecule has 0 saturated carbocycles. The van der Waals surface area contributed by atoms with Crippen LogP contribution in [0.5, 0.6) is 11.5 Å². The second kappa shape index (κ2) is 7.33. The number of hydrogen-bond donors (Lipinski definition) is 2. The summed E-state index contributed by atoms with van der Waals surface area (Å²) < 4.78 is 10.7. The predicted octanol–water partition coefficient (Wildman–Crippen LogP) is 2.19. The van der Waals surface area contributed by atoms with Gasteiger partial charge in [0.2, 0.25) is 5.75 Å². The molecule has 112 valence electrons. The van der Waals surface area contributed by atoms with E-state index >= 15 is 0 Å². The van der Waals surface area contributed by atoms with Crippen molar-refractivity contribution in [2.24, 2.45) is 0 Å². The van der Waals surface area contributed by atoms with Gasteiger partial charge in [-0.3, -0.25) is 0 Å². The zero-order valence-corrected chi connectivity index (χ0v) is 12.5. The molecule has 0 aliphatic rings. The summed E-state index contributed by atoms with van der Waals surface area (Å²) >= 11 is 0. The molecular weight excluding hydrogens is 268 g/mol. The van der Waals surface area contributed by atoms with Gasteiger partial charge >= 0.3 is 0 Å². The molecule has 2 N–H and O–H groups in total. The summed E-state index contributed by atoms with van der Waals surface area (Å²) in [6.07, 6.45) is 2.33. The molecule has 1 aromatic heterocycles. The van der Waals surface area contributed by atoms with Crippen LogP contribution in [-0.2, 0) is 6.42 Å². The maximum Gasteiger partial charge on any atom is 0.204 e. The Labute approximate surface area is 124 Å². The van der Waals surface area contributed by atoms with Crippen LogP contribution in [0.2, 0.25) is 0 Å². The van der Waals surface area contributed by atoms with E-state index in [-0.39, 0.29) is 0 Å². The molecule has 0 fully saturated rings. The molecule has 0 bridgehead atoms. The fourth-order valence-electron chi connectivity index (χ4n) is 2.10. The third-order valence-corrected chi connectivity index (χ3v) is 3.12. The smallest absolute Gasteiger partial charge is 0.204 e. The van der Waals surface area contributed by atoms with Gasteiger partial charge in [0.05, 0.1) is 14.2 Å². The average molecular weight is 288 g/mol. The van der Waals surface area contributed by atoms with Crippen LogP contribution < -0.4 is 20.1 Å². The number of para-hydroxylation sites is 1. The van der Waals surface area contributed by atoms with Crippen LogP contribution in [0.3, 0.4) is 0 Å². The number of benzene rings is 1. The fraction of sp³-hybridized carbons (Fsp3) is 0.333. The van der Waals surface area contributed by atoms with E-state index in [0.29, 0.717) is 17.4 Å². The Morgan fingerprint density at radius 1 is 1.05 bits per heavy atom. The highest BCUT2D eigenvalue weighted by molar-refractivity contribution is 5.63. The number of aromatic nitrogens is 2.